The van der Waals surface area contributed by atoms with E-state index in [0.29, 0.717) is 9.49 Å². The van der Waals surface area contributed by atoms with Gasteiger partial charge in [0.2, 0.25) is 0 Å². The highest BCUT2D eigenvalue weighted by Gasteiger charge is 2.14. The first-order valence-corrected chi connectivity index (χ1v) is 12.8. The fourth-order valence-electron chi connectivity index (χ4n) is 4.06. The molecule has 0 atom stereocenters. The molecule has 0 bridgehead atoms. The average molecular weight is 481 g/mol. The zero-order valence-corrected chi connectivity index (χ0v) is 20.0. The second-order valence-electron chi connectivity index (χ2n) is 7.80. The summed E-state index contributed by atoms with van der Waals surface area (Å²) >= 11 is 3.22. The summed E-state index contributed by atoms with van der Waals surface area (Å²) in [5.74, 6) is 1.03. The monoisotopic (exact) mass is 480 g/mol. The van der Waals surface area contributed by atoms with E-state index in [9.17, 15) is 4.79 Å². The van der Waals surface area contributed by atoms with Gasteiger partial charge in [0.05, 0.1) is 26.9 Å². The zero-order chi connectivity index (χ0) is 23.1. The third kappa shape index (κ3) is 3.63. The van der Waals surface area contributed by atoms with E-state index in [-0.39, 0.29) is 5.56 Å². The fourth-order valence-corrected chi connectivity index (χ4v) is 5.70. The Morgan fingerprint density at radius 3 is 2.53 bits per heavy atom. The van der Waals surface area contributed by atoms with Crippen molar-refractivity contribution in [2.45, 2.75) is 11.8 Å². The maximum absolute atomic E-state index is 13.3. The van der Waals surface area contributed by atoms with Crippen molar-refractivity contribution < 1.29 is 0 Å². The molecule has 0 fully saturated rings. The summed E-state index contributed by atoms with van der Waals surface area (Å²) in [7, 11) is 0. The van der Waals surface area contributed by atoms with Crippen LogP contribution in [0.1, 0.15) is 12.5 Å². The van der Waals surface area contributed by atoms with E-state index in [1.807, 2.05) is 83.3 Å². The minimum atomic E-state index is -0.0539. The van der Waals surface area contributed by atoms with Gasteiger partial charge in [0, 0.05) is 22.2 Å². The van der Waals surface area contributed by atoms with Crippen LogP contribution in [0.15, 0.2) is 94.7 Å². The number of thiazole rings is 1. The largest absolute Gasteiger partial charge is 0.274 e. The zero-order valence-electron chi connectivity index (χ0n) is 18.4. The van der Waals surface area contributed by atoms with Crippen LogP contribution in [-0.2, 0) is 0 Å². The fraction of sp³-hybridized carbons (Fsp3) is 0.0741. The molecule has 3 aromatic carbocycles. The molecule has 3 aromatic heterocycles. The highest BCUT2D eigenvalue weighted by molar-refractivity contribution is 7.99. The maximum atomic E-state index is 13.3. The average Bonchev–Trinajstić information content (AvgIpc) is 3.54. The van der Waals surface area contributed by atoms with E-state index in [1.54, 1.807) is 4.40 Å². The summed E-state index contributed by atoms with van der Waals surface area (Å²) in [6.45, 7) is 2.15. The molecular formula is C27H20N4OS2. The Bertz CT molecular complexity index is 1730. The molecule has 0 N–H and O–H groups in total. The van der Waals surface area contributed by atoms with Crippen molar-refractivity contribution in [1.29, 1.82) is 0 Å². The number of fused-ring (bicyclic) bond motifs is 3. The number of para-hydroxylation sites is 3. The van der Waals surface area contributed by atoms with Gasteiger partial charge in [-0.15, -0.1) is 11.8 Å². The first kappa shape index (κ1) is 20.9. The van der Waals surface area contributed by atoms with Gasteiger partial charge in [0.1, 0.15) is 0 Å². The maximum Gasteiger partial charge on any atom is 0.274 e. The predicted molar refractivity (Wildman–Crippen MR) is 141 cm³/mol. The van der Waals surface area contributed by atoms with Gasteiger partial charge < -0.3 is 0 Å². The van der Waals surface area contributed by atoms with E-state index < -0.39 is 0 Å². The van der Waals surface area contributed by atoms with E-state index in [0.717, 1.165) is 39.3 Å². The number of aromatic nitrogens is 4. The summed E-state index contributed by atoms with van der Waals surface area (Å²) < 4.78 is 4.21. The minimum absolute atomic E-state index is 0.0539. The molecule has 0 aliphatic carbocycles. The van der Waals surface area contributed by atoms with Crippen LogP contribution in [0, 0.1) is 0 Å². The topological polar surface area (TPSA) is 52.2 Å². The Kier molecular flexibility index (Phi) is 5.28. The van der Waals surface area contributed by atoms with Crippen LogP contribution in [0.3, 0.4) is 0 Å². The van der Waals surface area contributed by atoms with Gasteiger partial charge in [-0.05, 0) is 48.2 Å². The lowest BCUT2D eigenvalue weighted by atomic mass is 10.1. The van der Waals surface area contributed by atoms with Crippen LogP contribution < -0.4 is 10.1 Å². The molecule has 0 amide bonds. The number of rotatable bonds is 5. The summed E-state index contributed by atoms with van der Waals surface area (Å²) in [5, 5.41) is 4.90. The van der Waals surface area contributed by atoms with Crippen molar-refractivity contribution in [3.05, 3.63) is 106 Å². The Hall–Kier alpha value is -3.68. The van der Waals surface area contributed by atoms with E-state index >= 15 is 0 Å². The molecule has 166 valence electrons. The standard InChI is InChI=1S/C27H20N4OS2/c1-2-33-21-14-12-18(13-15-21)25-19(17-30(29-25)20-8-4-3-5-9-20)16-24-26(32)31-23-11-7-6-10-22(23)28-27(31)34-24/h3-17H,2H2,1H3/b24-16-. The highest BCUT2D eigenvalue weighted by atomic mass is 32.2. The number of hydrogen-bond donors (Lipinski definition) is 0. The Morgan fingerprint density at radius 2 is 1.74 bits per heavy atom. The van der Waals surface area contributed by atoms with Gasteiger partial charge >= 0.3 is 0 Å². The number of thioether (sulfide) groups is 1. The molecule has 0 unspecified atom stereocenters. The molecule has 5 nitrogen and oxygen atoms in total. The molecule has 0 radical (unpaired) electrons. The highest BCUT2D eigenvalue weighted by Crippen LogP contribution is 2.27. The number of nitrogens with zero attached hydrogens (tertiary/aromatic N) is 4. The molecule has 0 aliphatic heterocycles. The Balaban J connectivity index is 1.54. The van der Waals surface area contributed by atoms with Crippen LogP contribution in [0.25, 0.3) is 39.0 Å². The van der Waals surface area contributed by atoms with E-state index in [2.05, 4.69) is 36.2 Å². The lowest BCUT2D eigenvalue weighted by molar-refractivity contribution is 0.884. The summed E-state index contributed by atoms with van der Waals surface area (Å²) in [4.78, 5) is 19.9. The van der Waals surface area contributed by atoms with Crippen molar-refractivity contribution in [2.75, 3.05) is 5.75 Å². The van der Waals surface area contributed by atoms with Crippen LogP contribution in [0.5, 0.6) is 0 Å². The van der Waals surface area contributed by atoms with Gasteiger partial charge in [0.25, 0.3) is 5.56 Å². The smallest absolute Gasteiger partial charge is 0.267 e. The second kappa shape index (κ2) is 8.59. The van der Waals surface area contributed by atoms with Gasteiger partial charge in [0.15, 0.2) is 4.96 Å². The lowest BCUT2D eigenvalue weighted by Gasteiger charge is -2.02. The first-order valence-electron chi connectivity index (χ1n) is 11.0. The molecular weight excluding hydrogens is 460 g/mol. The van der Waals surface area contributed by atoms with Crippen molar-refractivity contribution in [3.8, 4) is 16.9 Å². The molecule has 3 heterocycles. The van der Waals surface area contributed by atoms with E-state index in [1.165, 1.54) is 16.2 Å². The van der Waals surface area contributed by atoms with Crippen molar-refractivity contribution in [3.63, 3.8) is 0 Å². The van der Waals surface area contributed by atoms with E-state index in [4.69, 9.17) is 5.10 Å². The molecule has 0 saturated carbocycles. The van der Waals surface area contributed by atoms with Crippen LogP contribution in [-0.4, -0.2) is 24.9 Å². The molecule has 0 spiro atoms. The minimum Gasteiger partial charge on any atom is -0.267 e. The van der Waals surface area contributed by atoms with Gasteiger partial charge in [-0.1, -0.05) is 60.7 Å². The van der Waals surface area contributed by atoms with Gasteiger partial charge in [-0.25, -0.2) is 14.1 Å². The number of benzene rings is 3. The summed E-state index contributed by atoms with van der Waals surface area (Å²) in [5.41, 5.74) is 5.33. The number of imidazole rings is 1. The third-order valence-corrected chi connectivity index (χ3v) is 7.50. The molecule has 0 saturated heterocycles. The summed E-state index contributed by atoms with van der Waals surface area (Å²) in [6, 6.07) is 26.2. The molecule has 6 aromatic rings. The van der Waals surface area contributed by atoms with Crippen LogP contribution >= 0.6 is 23.1 Å². The van der Waals surface area contributed by atoms with Gasteiger partial charge in [-0.3, -0.25) is 4.79 Å². The van der Waals surface area contributed by atoms with Crippen molar-refractivity contribution >= 4 is 45.2 Å². The normalized spacial score (nSPS) is 12.2. The SMILES string of the molecule is CCSc1ccc(-c2nn(-c3ccccc3)cc2/C=c2\sc3nc4ccccc4n3c2=O)cc1. The molecule has 6 rings (SSSR count). The molecule has 34 heavy (non-hydrogen) atoms. The first-order chi connectivity index (χ1) is 16.7. The summed E-state index contributed by atoms with van der Waals surface area (Å²) in [6.07, 6.45) is 3.92. The molecule has 0 aliphatic rings. The quantitative estimate of drug-likeness (QED) is 0.309. The lowest BCUT2D eigenvalue weighted by Crippen LogP contribution is -2.22. The number of hydrogen-bond acceptors (Lipinski definition) is 5. The Morgan fingerprint density at radius 1 is 0.971 bits per heavy atom. The van der Waals surface area contributed by atoms with Crippen molar-refractivity contribution in [2.24, 2.45) is 0 Å². The van der Waals surface area contributed by atoms with Crippen molar-refractivity contribution in [1.82, 2.24) is 19.2 Å². The predicted octanol–water partition coefficient (Wildman–Crippen LogP) is 5.42. The third-order valence-electron chi connectivity index (χ3n) is 5.63. The van der Waals surface area contributed by atoms with Gasteiger partial charge in [-0.2, -0.15) is 5.10 Å². The molecule has 7 heteroatoms. The Labute approximate surface area is 204 Å². The second-order valence-corrected chi connectivity index (χ2v) is 10.2. The van der Waals surface area contributed by atoms with Crippen LogP contribution in [0.2, 0.25) is 0 Å². The van der Waals surface area contributed by atoms with Crippen LogP contribution in [0.4, 0.5) is 0 Å².